The number of anilines is 1. The number of pyridine rings is 1. The number of imide groups is 1. The van der Waals surface area contributed by atoms with Crippen molar-refractivity contribution >= 4 is 17.5 Å². The first kappa shape index (κ1) is 10.6. The first-order valence-corrected chi connectivity index (χ1v) is 5.07. The molecule has 1 aromatic heterocycles. The van der Waals surface area contributed by atoms with E-state index in [1.165, 1.54) is 7.05 Å². The van der Waals surface area contributed by atoms with Crippen LogP contribution in [0, 0.1) is 6.92 Å². The second kappa shape index (κ2) is 3.92. The van der Waals surface area contributed by atoms with E-state index in [1.807, 2.05) is 19.1 Å². The van der Waals surface area contributed by atoms with Crippen molar-refractivity contribution < 1.29 is 9.59 Å². The topological polar surface area (TPSA) is 62.3 Å². The van der Waals surface area contributed by atoms with E-state index in [0.29, 0.717) is 0 Å². The largest absolute Gasteiger partial charge is 0.372 e. The summed E-state index contributed by atoms with van der Waals surface area (Å²) in [6.45, 7) is 1.89. The summed E-state index contributed by atoms with van der Waals surface area (Å²) in [4.78, 5) is 28.2. The fourth-order valence-corrected chi connectivity index (χ4v) is 1.62. The van der Waals surface area contributed by atoms with Gasteiger partial charge in [0.15, 0.2) is 0 Å². The van der Waals surface area contributed by atoms with Gasteiger partial charge in [-0.25, -0.2) is 0 Å². The predicted molar refractivity (Wildman–Crippen MR) is 58.8 cm³/mol. The molecular weight excluding hydrogens is 206 g/mol. The summed E-state index contributed by atoms with van der Waals surface area (Å²) in [5, 5.41) is 3.00. The van der Waals surface area contributed by atoms with Gasteiger partial charge in [0.05, 0.1) is 18.3 Å². The molecule has 84 valence electrons. The van der Waals surface area contributed by atoms with E-state index in [2.05, 4.69) is 10.3 Å². The molecule has 0 bridgehead atoms. The van der Waals surface area contributed by atoms with Gasteiger partial charge in [0, 0.05) is 12.7 Å². The third-order valence-electron chi connectivity index (χ3n) is 2.63. The minimum atomic E-state index is -0.456. The van der Waals surface area contributed by atoms with Gasteiger partial charge in [-0.2, -0.15) is 0 Å². The number of hydrogen-bond acceptors (Lipinski definition) is 4. The standard InChI is InChI=1S/C11H13N3O2/c1-7-3-4-8(6-12-7)13-9-5-10(15)14(2)11(9)16/h3-4,6,9,13H,5H2,1-2H3. The molecule has 2 heterocycles. The Balaban J connectivity index is 2.09. The number of carbonyl (C=O) groups is 2. The van der Waals surface area contributed by atoms with Crippen LogP contribution in [0.3, 0.4) is 0 Å². The van der Waals surface area contributed by atoms with Crippen LogP contribution in [0.4, 0.5) is 5.69 Å². The van der Waals surface area contributed by atoms with Gasteiger partial charge in [0.25, 0.3) is 5.91 Å². The molecule has 1 unspecified atom stereocenters. The number of nitrogens with one attached hydrogen (secondary N) is 1. The quantitative estimate of drug-likeness (QED) is 0.738. The highest BCUT2D eigenvalue weighted by Gasteiger charge is 2.35. The summed E-state index contributed by atoms with van der Waals surface area (Å²) >= 11 is 0. The third-order valence-corrected chi connectivity index (χ3v) is 2.63. The van der Waals surface area contributed by atoms with Crippen molar-refractivity contribution in [3.05, 3.63) is 24.0 Å². The number of carbonyl (C=O) groups excluding carboxylic acids is 2. The van der Waals surface area contributed by atoms with Crippen LogP contribution >= 0.6 is 0 Å². The fraction of sp³-hybridized carbons (Fsp3) is 0.364. The van der Waals surface area contributed by atoms with Crippen LogP contribution in [-0.2, 0) is 9.59 Å². The molecule has 5 nitrogen and oxygen atoms in total. The number of hydrogen-bond donors (Lipinski definition) is 1. The number of aromatic nitrogens is 1. The van der Waals surface area contributed by atoms with Gasteiger partial charge in [-0.1, -0.05) is 0 Å². The first-order chi connectivity index (χ1) is 7.58. The molecule has 1 aliphatic rings. The van der Waals surface area contributed by atoms with Crippen molar-refractivity contribution in [2.75, 3.05) is 12.4 Å². The molecule has 1 atom stereocenters. The second-order valence-electron chi connectivity index (χ2n) is 3.88. The minimum Gasteiger partial charge on any atom is -0.372 e. The molecule has 0 aliphatic carbocycles. The van der Waals surface area contributed by atoms with Gasteiger partial charge in [-0.05, 0) is 19.1 Å². The Bertz CT molecular complexity index is 427. The zero-order chi connectivity index (χ0) is 11.7. The highest BCUT2D eigenvalue weighted by atomic mass is 16.2. The minimum absolute atomic E-state index is 0.150. The fourth-order valence-electron chi connectivity index (χ4n) is 1.62. The SMILES string of the molecule is Cc1ccc(NC2CC(=O)N(C)C2=O)cn1. The molecule has 2 rings (SSSR count). The van der Waals surface area contributed by atoms with Crippen LogP contribution in [0.5, 0.6) is 0 Å². The molecule has 1 N–H and O–H groups in total. The normalized spacial score (nSPS) is 20.4. The Morgan fingerprint density at radius 2 is 2.19 bits per heavy atom. The van der Waals surface area contributed by atoms with E-state index in [1.54, 1.807) is 6.20 Å². The number of aryl methyl sites for hydroxylation is 1. The van der Waals surface area contributed by atoms with Crippen molar-refractivity contribution in [3.8, 4) is 0 Å². The summed E-state index contributed by atoms with van der Waals surface area (Å²) in [5.41, 5.74) is 1.67. The third kappa shape index (κ3) is 1.88. The van der Waals surface area contributed by atoms with E-state index in [0.717, 1.165) is 16.3 Å². The van der Waals surface area contributed by atoms with E-state index >= 15 is 0 Å². The lowest BCUT2D eigenvalue weighted by atomic mass is 10.2. The lowest BCUT2D eigenvalue weighted by molar-refractivity contribution is -0.136. The van der Waals surface area contributed by atoms with Gasteiger partial charge < -0.3 is 5.32 Å². The maximum atomic E-state index is 11.6. The van der Waals surface area contributed by atoms with Crippen LogP contribution in [0.1, 0.15) is 12.1 Å². The number of nitrogens with zero attached hydrogens (tertiary/aromatic N) is 2. The first-order valence-electron chi connectivity index (χ1n) is 5.07. The maximum absolute atomic E-state index is 11.6. The van der Waals surface area contributed by atoms with Gasteiger partial charge in [0.1, 0.15) is 6.04 Å². The van der Waals surface area contributed by atoms with Crippen molar-refractivity contribution in [3.63, 3.8) is 0 Å². The summed E-state index contributed by atoms with van der Waals surface area (Å²) < 4.78 is 0. The highest BCUT2D eigenvalue weighted by Crippen LogP contribution is 2.16. The van der Waals surface area contributed by atoms with Crippen molar-refractivity contribution in [2.24, 2.45) is 0 Å². The molecule has 2 amide bonds. The highest BCUT2D eigenvalue weighted by molar-refractivity contribution is 6.06. The molecule has 0 aromatic carbocycles. The number of amides is 2. The van der Waals surface area contributed by atoms with Crippen LogP contribution in [0.15, 0.2) is 18.3 Å². The number of likely N-dealkylation sites (tertiary alicyclic amines) is 1. The Morgan fingerprint density at radius 3 is 2.69 bits per heavy atom. The summed E-state index contributed by atoms with van der Waals surface area (Å²) in [7, 11) is 1.50. The molecule has 1 aromatic rings. The smallest absolute Gasteiger partial charge is 0.251 e. The second-order valence-corrected chi connectivity index (χ2v) is 3.88. The molecule has 5 heteroatoms. The summed E-state index contributed by atoms with van der Waals surface area (Å²) in [6.07, 6.45) is 1.87. The van der Waals surface area contributed by atoms with Crippen LogP contribution in [0.2, 0.25) is 0 Å². The van der Waals surface area contributed by atoms with E-state index in [-0.39, 0.29) is 18.2 Å². The lowest BCUT2D eigenvalue weighted by Crippen LogP contribution is -2.31. The van der Waals surface area contributed by atoms with Gasteiger partial charge in [-0.15, -0.1) is 0 Å². The van der Waals surface area contributed by atoms with E-state index < -0.39 is 6.04 Å². The molecule has 1 saturated heterocycles. The van der Waals surface area contributed by atoms with Crippen molar-refractivity contribution in [1.29, 1.82) is 0 Å². The molecule has 1 aliphatic heterocycles. The van der Waals surface area contributed by atoms with Crippen molar-refractivity contribution in [2.45, 2.75) is 19.4 Å². The molecule has 16 heavy (non-hydrogen) atoms. The van der Waals surface area contributed by atoms with Gasteiger partial charge >= 0.3 is 0 Å². The number of likely N-dealkylation sites (N-methyl/N-ethyl adjacent to an activating group) is 1. The van der Waals surface area contributed by atoms with E-state index in [4.69, 9.17) is 0 Å². The van der Waals surface area contributed by atoms with E-state index in [9.17, 15) is 9.59 Å². The van der Waals surface area contributed by atoms with Crippen LogP contribution in [-0.4, -0.2) is 34.8 Å². The monoisotopic (exact) mass is 219 g/mol. The molecule has 0 saturated carbocycles. The molecule has 0 radical (unpaired) electrons. The average molecular weight is 219 g/mol. The van der Waals surface area contributed by atoms with Crippen LogP contribution < -0.4 is 5.32 Å². The molecular formula is C11H13N3O2. The Kier molecular flexibility index (Phi) is 2.60. The van der Waals surface area contributed by atoms with Crippen LogP contribution in [0.25, 0.3) is 0 Å². The summed E-state index contributed by atoms with van der Waals surface area (Å²) in [6, 6.07) is 3.24. The average Bonchev–Trinajstić information content (AvgIpc) is 2.50. The molecule has 1 fully saturated rings. The zero-order valence-electron chi connectivity index (χ0n) is 9.23. The van der Waals surface area contributed by atoms with Gasteiger partial charge in [-0.3, -0.25) is 19.5 Å². The van der Waals surface area contributed by atoms with Crippen molar-refractivity contribution in [1.82, 2.24) is 9.88 Å². The maximum Gasteiger partial charge on any atom is 0.251 e. The summed E-state index contributed by atoms with van der Waals surface area (Å²) in [5.74, 6) is -0.340. The van der Waals surface area contributed by atoms with Gasteiger partial charge in [0.2, 0.25) is 5.91 Å². The Labute approximate surface area is 93.5 Å². The Hall–Kier alpha value is -1.91. The molecule has 0 spiro atoms. The Morgan fingerprint density at radius 1 is 1.44 bits per heavy atom. The number of rotatable bonds is 2. The zero-order valence-corrected chi connectivity index (χ0v) is 9.23. The predicted octanol–water partition coefficient (Wildman–Crippen LogP) is 0.559. The lowest BCUT2D eigenvalue weighted by Gasteiger charge is -2.11.